The van der Waals surface area contributed by atoms with Crippen LogP contribution >= 0.6 is 0 Å². The van der Waals surface area contributed by atoms with Gasteiger partial charge in [-0.05, 0) is 89.9 Å². The summed E-state index contributed by atoms with van der Waals surface area (Å²) in [6.45, 7) is 6.57. The van der Waals surface area contributed by atoms with E-state index in [9.17, 15) is 14.4 Å². The standard InChI is InChI=1S/C58H104O6/c1-4-7-10-13-16-19-22-24-26-28-29-30-32-33-36-39-42-45-48-51-57(60)63-54-55(53-62-56(59)50-47-44-41-38-35-21-18-15-12-9-6-3)64-58(61)52-49-46-43-40-37-34-31-27-25-23-20-17-14-11-8-5-2/h15-16,18-19,22,24,27,31,55H,4-14,17,20-21,23,25-26,28-30,32-54H2,1-3H3/b18-15-,19-16-,24-22-,31-27-. The van der Waals surface area contributed by atoms with E-state index in [0.717, 1.165) is 77.0 Å². The number of carbonyl (C=O) groups is 3. The second kappa shape index (κ2) is 53.0. The van der Waals surface area contributed by atoms with Crippen LogP contribution in [-0.2, 0) is 28.6 Å². The predicted octanol–water partition coefficient (Wildman–Crippen LogP) is 18.3. The van der Waals surface area contributed by atoms with Crippen LogP contribution in [0.25, 0.3) is 0 Å². The molecular formula is C58H104O6. The van der Waals surface area contributed by atoms with E-state index in [4.69, 9.17) is 14.2 Å². The van der Waals surface area contributed by atoms with Crippen LogP contribution in [0.5, 0.6) is 0 Å². The zero-order chi connectivity index (χ0) is 46.5. The maximum atomic E-state index is 12.8. The lowest BCUT2D eigenvalue weighted by Crippen LogP contribution is -2.30. The van der Waals surface area contributed by atoms with Crippen LogP contribution in [0, 0.1) is 0 Å². The van der Waals surface area contributed by atoms with Crippen LogP contribution in [-0.4, -0.2) is 37.2 Å². The largest absolute Gasteiger partial charge is 0.462 e. The highest BCUT2D eigenvalue weighted by atomic mass is 16.6. The number of ether oxygens (including phenoxy) is 3. The molecule has 372 valence electrons. The summed E-state index contributed by atoms with van der Waals surface area (Å²) in [5.41, 5.74) is 0. The number of hydrogen-bond acceptors (Lipinski definition) is 6. The zero-order valence-electron chi connectivity index (χ0n) is 42.6. The van der Waals surface area contributed by atoms with Gasteiger partial charge < -0.3 is 14.2 Å². The summed E-state index contributed by atoms with van der Waals surface area (Å²) in [5.74, 6) is -0.892. The fraction of sp³-hybridized carbons (Fsp3) is 0.810. The van der Waals surface area contributed by atoms with Crippen LogP contribution in [0.2, 0.25) is 0 Å². The van der Waals surface area contributed by atoms with Crippen LogP contribution in [0.15, 0.2) is 48.6 Å². The van der Waals surface area contributed by atoms with E-state index in [0.29, 0.717) is 19.3 Å². The van der Waals surface area contributed by atoms with E-state index in [2.05, 4.69) is 69.4 Å². The Kier molecular flexibility index (Phi) is 50.8. The highest BCUT2D eigenvalue weighted by Crippen LogP contribution is 2.15. The van der Waals surface area contributed by atoms with Gasteiger partial charge in [-0.3, -0.25) is 14.4 Å². The van der Waals surface area contributed by atoms with Crippen molar-refractivity contribution in [2.24, 2.45) is 0 Å². The third kappa shape index (κ3) is 50.4. The second-order valence-corrected chi connectivity index (χ2v) is 18.5. The zero-order valence-corrected chi connectivity index (χ0v) is 42.6. The summed E-state index contributed by atoms with van der Waals surface area (Å²) in [4.78, 5) is 38.0. The Morgan fingerprint density at radius 1 is 0.312 bits per heavy atom. The van der Waals surface area contributed by atoms with E-state index in [-0.39, 0.29) is 31.1 Å². The summed E-state index contributed by atoms with van der Waals surface area (Å²) >= 11 is 0. The SMILES string of the molecule is CCCC/C=C\CCCCCCCC(=O)OCC(COC(=O)CCCCCCCCCCCC/C=C\C=C/CCCCC)OC(=O)CCCCCCC/C=C\CCCCCCCCC. The first-order valence-corrected chi connectivity index (χ1v) is 27.7. The summed E-state index contributed by atoms with van der Waals surface area (Å²) in [7, 11) is 0. The molecule has 0 spiro atoms. The molecule has 0 saturated heterocycles. The second-order valence-electron chi connectivity index (χ2n) is 18.5. The van der Waals surface area contributed by atoms with Crippen LogP contribution in [0.4, 0.5) is 0 Å². The molecular weight excluding hydrogens is 793 g/mol. The molecule has 0 bridgehead atoms. The van der Waals surface area contributed by atoms with E-state index >= 15 is 0 Å². The van der Waals surface area contributed by atoms with Crippen molar-refractivity contribution in [1.29, 1.82) is 0 Å². The minimum Gasteiger partial charge on any atom is -0.462 e. The number of carbonyl (C=O) groups excluding carboxylic acids is 3. The van der Waals surface area contributed by atoms with Gasteiger partial charge in [0.25, 0.3) is 0 Å². The topological polar surface area (TPSA) is 78.9 Å². The molecule has 0 rings (SSSR count). The number of allylic oxidation sites excluding steroid dienone is 8. The third-order valence-electron chi connectivity index (χ3n) is 12.1. The normalized spacial score (nSPS) is 12.4. The van der Waals surface area contributed by atoms with Gasteiger partial charge in [0.1, 0.15) is 13.2 Å². The first-order valence-electron chi connectivity index (χ1n) is 27.7. The van der Waals surface area contributed by atoms with Crippen LogP contribution in [0.3, 0.4) is 0 Å². The first-order chi connectivity index (χ1) is 31.5. The van der Waals surface area contributed by atoms with Crippen molar-refractivity contribution in [1.82, 2.24) is 0 Å². The Hall–Kier alpha value is -2.63. The quantitative estimate of drug-likeness (QED) is 0.0199. The van der Waals surface area contributed by atoms with Gasteiger partial charge in [-0.1, -0.05) is 223 Å². The van der Waals surface area contributed by atoms with Gasteiger partial charge in [-0.25, -0.2) is 0 Å². The maximum Gasteiger partial charge on any atom is 0.306 e. The summed E-state index contributed by atoms with van der Waals surface area (Å²) in [5, 5.41) is 0. The minimum atomic E-state index is -0.780. The fourth-order valence-corrected chi connectivity index (χ4v) is 7.82. The highest BCUT2D eigenvalue weighted by Gasteiger charge is 2.19. The van der Waals surface area contributed by atoms with Crippen molar-refractivity contribution in [3.8, 4) is 0 Å². The monoisotopic (exact) mass is 897 g/mol. The minimum absolute atomic E-state index is 0.0797. The first kappa shape index (κ1) is 61.4. The molecule has 0 saturated carbocycles. The molecule has 0 heterocycles. The van der Waals surface area contributed by atoms with Gasteiger partial charge in [-0.2, -0.15) is 0 Å². The highest BCUT2D eigenvalue weighted by molar-refractivity contribution is 5.71. The van der Waals surface area contributed by atoms with Gasteiger partial charge in [-0.15, -0.1) is 0 Å². The molecule has 0 aliphatic carbocycles. The smallest absolute Gasteiger partial charge is 0.306 e. The van der Waals surface area contributed by atoms with Gasteiger partial charge in [0.15, 0.2) is 6.10 Å². The summed E-state index contributed by atoms with van der Waals surface area (Å²) < 4.78 is 16.8. The molecule has 0 aromatic rings. The molecule has 0 N–H and O–H groups in total. The molecule has 0 aliphatic rings. The van der Waals surface area contributed by atoms with Crippen molar-refractivity contribution in [2.45, 2.75) is 290 Å². The van der Waals surface area contributed by atoms with E-state index in [1.54, 1.807) is 0 Å². The van der Waals surface area contributed by atoms with Gasteiger partial charge >= 0.3 is 17.9 Å². The Bertz CT molecular complexity index is 1120. The molecule has 0 aromatic heterocycles. The average Bonchev–Trinajstić information content (AvgIpc) is 3.29. The van der Waals surface area contributed by atoms with Gasteiger partial charge in [0.05, 0.1) is 0 Å². The Morgan fingerprint density at radius 3 is 0.953 bits per heavy atom. The lowest BCUT2D eigenvalue weighted by Gasteiger charge is -2.18. The average molecular weight is 897 g/mol. The van der Waals surface area contributed by atoms with Crippen molar-refractivity contribution in [3.05, 3.63) is 48.6 Å². The summed E-state index contributed by atoms with van der Waals surface area (Å²) in [6, 6.07) is 0. The van der Waals surface area contributed by atoms with Crippen molar-refractivity contribution >= 4 is 17.9 Å². The van der Waals surface area contributed by atoms with Gasteiger partial charge in [0.2, 0.25) is 0 Å². The molecule has 1 unspecified atom stereocenters. The molecule has 0 radical (unpaired) electrons. The predicted molar refractivity (Wildman–Crippen MR) is 275 cm³/mol. The molecule has 6 nitrogen and oxygen atoms in total. The van der Waals surface area contributed by atoms with Crippen molar-refractivity contribution in [3.63, 3.8) is 0 Å². The van der Waals surface area contributed by atoms with Gasteiger partial charge in [0, 0.05) is 19.3 Å². The van der Waals surface area contributed by atoms with Crippen molar-refractivity contribution < 1.29 is 28.6 Å². The number of esters is 3. The Morgan fingerprint density at radius 2 is 0.578 bits per heavy atom. The van der Waals surface area contributed by atoms with Crippen LogP contribution in [0.1, 0.15) is 284 Å². The maximum absolute atomic E-state index is 12.8. The number of unbranched alkanes of at least 4 members (excludes halogenated alkanes) is 32. The molecule has 0 aromatic carbocycles. The summed E-state index contributed by atoms with van der Waals surface area (Å²) in [6.07, 6.45) is 63.8. The Labute approximate surface area is 397 Å². The number of hydrogen-bond donors (Lipinski definition) is 0. The van der Waals surface area contributed by atoms with Crippen LogP contribution < -0.4 is 0 Å². The van der Waals surface area contributed by atoms with Crippen molar-refractivity contribution in [2.75, 3.05) is 13.2 Å². The van der Waals surface area contributed by atoms with E-state index in [1.807, 2.05) is 0 Å². The third-order valence-corrected chi connectivity index (χ3v) is 12.1. The molecule has 0 amide bonds. The fourth-order valence-electron chi connectivity index (χ4n) is 7.82. The molecule has 6 heteroatoms. The Balaban J connectivity index is 4.34. The van der Waals surface area contributed by atoms with E-state index in [1.165, 1.54) is 167 Å². The molecule has 0 aliphatic heterocycles. The molecule has 0 fully saturated rings. The number of rotatable bonds is 50. The lowest BCUT2D eigenvalue weighted by molar-refractivity contribution is -0.167. The van der Waals surface area contributed by atoms with E-state index < -0.39 is 6.10 Å². The molecule has 1 atom stereocenters. The molecule has 64 heavy (non-hydrogen) atoms. The lowest BCUT2D eigenvalue weighted by atomic mass is 10.1.